The van der Waals surface area contributed by atoms with E-state index in [4.69, 9.17) is 14.4 Å². The van der Waals surface area contributed by atoms with Crippen LogP contribution in [0.4, 0.5) is 0 Å². The lowest BCUT2D eigenvalue weighted by atomic mass is 10.0. The quantitative estimate of drug-likeness (QED) is 0.174. The van der Waals surface area contributed by atoms with Crippen LogP contribution in [0.15, 0.2) is 211 Å². The maximum absolute atomic E-state index is 6.35. The van der Waals surface area contributed by atoms with Crippen LogP contribution < -0.4 is 0 Å². The van der Waals surface area contributed by atoms with Crippen molar-refractivity contribution in [3.8, 4) is 45.1 Å². The Balaban J connectivity index is 0.893. The smallest absolute Gasteiger partial charge is 0.180 e. The molecule has 0 saturated carbocycles. The fourth-order valence-electron chi connectivity index (χ4n) is 10.0. The van der Waals surface area contributed by atoms with Crippen LogP contribution in [0.3, 0.4) is 0 Å². The van der Waals surface area contributed by atoms with Crippen LogP contribution in [0.2, 0.25) is 0 Å². The normalized spacial score (nSPS) is 12.1. The molecule has 5 aromatic heterocycles. The lowest BCUT2D eigenvalue weighted by Crippen LogP contribution is -1.95. The molecule has 0 atom stereocenters. The van der Waals surface area contributed by atoms with Crippen molar-refractivity contribution < 1.29 is 4.42 Å². The number of hydrogen-bond acceptors (Lipinski definition) is 4. The van der Waals surface area contributed by atoms with E-state index in [1.807, 2.05) is 47.7 Å². The average molecular weight is 835 g/mol. The summed E-state index contributed by atoms with van der Waals surface area (Å²) in [6.45, 7) is 0. The van der Waals surface area contributed by atoms with Gasteiger partial charge in [0, 0.05) is 69.6 Å². The molecule has 0 saturated heterocycles. The summed E-state index contributed by atoms with van der Waals surface area (Å²) in [5.41, 5.74) is 14.4. The second kappa shape index (κ2) is 13.6. The molecule has 0 amide bonds. The van der Waals surface area contributed by atoms with Crippen molar-refractivity contribution in [3.05, 3.63) is 206 Å². The van der Waals surface area contributed by atoms with Gasteiger partial charge in [-0.15, -0.1) is 11.3 Å². The second-order valence-electron chi connectivity index (χ2n) is 16.5. The van der Waals surface area contributed by atoms with Crippen LogP contribution >= 0.6 is 11.3 Å². The van der Waals surface area contributed by atoms with Gasteiger partial charge in [-0.25, -0.2) is 9.97 Å². The summed E-state index contributed by atoms with van der Waals surface area (Å²) in [5.74, 6) is 0.666. The number of para-hydroxylation sites is 4. The summed E-state index contributed by atoms with van der Waals surface area (Å²) in [7, 11) is 0. The van der Waals surface area contributed by atoms with Gasteiger partial charge in [-0.1, -0.05) is 140 Å². The predicted molar refractivity (Wildman–Crippen MR) is 267 cm³/mol. The van der Waals surface area contributed by atoms with Gasteiger partial charge in [0.15, 0.2) is 11.4 Å². The van der Waals surface area contributed by atoms with E-state index in [-0.39, 0.29) is 0 Å². The van der Waals surface area contributed by atoms with Gasteiger partial charge in [0.2, 0.25) is 0 Å². The Kier molecular flexibility index (Phi) is 7.49. The van der Waals surface area contributed by atoms with Crippen LogP contribution in [0.5, 0.6) is 0 Å². The van der Waals surface area contributed by atoms with Crippen molar-refractivity contribution in [3.63, 3.8) is 0 Å². The van der Waals surface area contributed by atoms with Crippen LogP contribution in [0.25, 0.3) is 131 Å². The molecule has 0 aliphatic carbocycles. The fraction of sp³-hybridized carbons (Fsp3) is 0. The number of fused-ring (bicyclic) bond motifs is 13. The minimum Gasteiger partial charge on any atom is -0.452 e. The van der Waals surface area contributed by atoms with Gasteiger partial charge in [0.25, 0.3) is 0 Å². The zero-order valence-electron chi connectivity index (χ0n) is 34.2. The molecule has 5 heterocycles. The Morgan fingerprint density at radius 3 is 1.88 bits per heavy atom. The number of rotatable bonds is 5. The standard InChI is InChI=1S/C58H34N4OS/c1-3-14-36(15-4-1)54-56-55(44-22-9-12-25-51(44)63-56)60-58(59-54)37-28-26-35(27-29-37)38-16-13-19-40(32-38)62-48-24-11-8-21-43(48)53-49(62)31-30-42-46-33-45-41-20-7-10-23-47(41)61(39-17-5-2-6-18-39)50(45)34-52(46)64-57(42)53/h1-34H. The second-order valence-corrected chi connectivity index (χ2v) is 17.6. The van der Waals surface area contributed by atoms with E-state index in [0.717, 1.165) is 50.1 Å². The molecule has 6 heteroatoms. The molecular weight excluding hydrogens is 801 g/mol. The first-order valence-electron chi connectivity index (χ1n) is 21.6. The number of hydrogen-bond donors (Lipinski definition) is 0. The molecule has 0 aliphatic rings. The van der Waals surface area contributed by atoms with Crippen LogP contribution in [0.1, 0.15) is 0 Å². The third-order valence-corrected chi connectivity index (χ3v) is 14.1. The van der Waals surface area contributed by atoms with Crippen molar-refractivity contribution in [1.29, 1.82) is 0 Å². The van der Waals surface area contributed by atoms with Crippen molar-refractivity contribution in [2.75, 3.05) is 0 Å². The van der Waals surface area contributed by atoms with E-state index in [1.165, 1.54) is 69.5 Å². The zero-order valence-corrected chi connectivity index (χ0v) is 35.1. The van der Waals surface area contributed by atoms with Gasteiger partial charge in [-0.2, -0.15) is 0 Å². The monoisotopic (exact) mass is 834 g/mol. The Hall–Kier alpha value is -8.32. The minimum absolute atomic E-state index is 0.666. The largest absolute Gasteiger partial charge is 0.452 e. The molecule has 0 N–H and O–H groups in total. The van der Waals surface area contributed by atoms with Crippen LogP contribution in [-0.4, -0.2) is 19.1 Å². The van der Waals surface area contributed by atoms with Crippen LogP contribution in [0, 0.1) is 0 Å². The highest BCUT2D eigenvalue weighted by atomic mass is 32.1. The van der Waals surface area contributed by atoms with E-state index in [0.29, 0.717) is 11.4 Å². The first-order valence-corrected chi connectivity index (χ1v) is 22.4. The van der Waals surface area contributed by atoms with Gasteiger partial charge >= 0.3 is 0 Å². The minimum atomic E-state index is 0.666. The van der Waals surface area contributed by atoms with Gasteiger partial charge in [0.05, 0.1) is 22.1 Å². The number of nitrogens with zero attached hydrogens (tertiary/aromatic N) is 4. The number of thiophene rings is 1. The maximum atomic E-state index is 6.35. The molecule has 0 spiro atoms. The molecule has 9 aromatic carbocycles. The lowest BCUT2D eigenvalue weighted by Gasteiger charge is -2.11. The molecule has 14 aromatic rings. The highest BCUT2D eigenvalue weighted by molar-refractivity contribution is 7.26. The molecule has 0 radical (unpaired) electrons. The number of furan rings is 1. The Morgan fingerprint density at radius 1 is 0.391 bits per heavy atom. The predicted octanol–water partition coefficient (Wildman–Crippen LogP) is 15.9. The number of benzene rings is 9. The maximum Gasteiger partial charge on any atom is 0.180 e. The van der Waals surface area contributed by atoms with Crippen molar-refractivity contribution in [2.24, 2.45) is 0 Å². The molecule has 64 heavy (non-hydrogen) atoms. The van der Waals surface area contributed by atoms with E-state index < -0.39 is 0 Å². The van der Waals surface area contributed by atoms with Gasteiger partial charge < -0.3 is 13.6 Å². The molecule has 298 valence electrons. The SMILES string of the molecule is c1ccc(-c2nc(-c3ccc(-c4cccc(-n5c6ccccc6c6c7sc8cc9c(cc8c7ccc65)c5ccccc5n9-c5ccccc5)c4)cc3)nc3c2oc2ccccc23)cc1. The molecular formula is C58H34N4OS. The average Bonchev–Trinajstić information content (AvgIpc) is 4.11. The Labute approximate surface area is 370 Å². The summed E-state index contributed by atoms with van der Waals surface area (Å²) in [4.78, 5) is 10.2. The molecule has 14 rings (SSSR count). The molecule has 5 nitrogen and oxygen atoms in total. The first-order chi connectivity index (χ1) is 31.7. The summed E-state index contributed by atoms with van der Waals surface area (Å²) in [6, 6.07) is 73.7. The first kappa shape index (κ1) is 35.3. The van der Waals surface area contributed by atoms with Crippen molar-refractivity contribution in [1.82, 2.24) is 19.1 Å². The Morgan fingerprint density at radius 2 is 1.05 bits per heavy atom. The van der Waals surface area contributed by atoms with Crippen LogP contribution in [-0.2, 0) is 0 Å². The highest BCUT2D eigenvalue weighted by Crippen LogP contribution is 2.46. The number of aromatic nitrogens is 4. The summed E-state index contributed by atoms with van der Waals surface area (Å²) in [6.07, 6.45) is 0. The molecule has 0 fully saturated rings. The summed E-state index contributed by atoms with van der Waals surface area (Å²) < 4.78 is 13.8. The Bertz CT molecular complexity index is 4180. The van der Waals surface area contributed by atoms with E-state index in [9.17, 15) is 0 Å². The van der Waals surface area contributed by atoms with E-state index in [2.05, 4.69) is 179 Å². The fourth-order valence-corrected chi connectivity index (χ4v) is 11.3. The van der Waals surface area contributed by atoms with Crippen molar-refractivity contribution in [2.45, 2.75) is 0 Å². The van der Waals surface area contributed by atoms with Gasteiger partial charge in [-0.05, 0) is 77.9 Å². The van der Waals surface area contributed by atoms with E-state index in [1.54, 1.807) is 0 Å². The van der Waals surface area contributed by atoms with Crippen molar-refractivity contribution >= 4 is 97.2 Å². The zero-order chi connectivity index (χ0) is 41.9. The lowest BCUT2D eigenvalue weighted by molar-refractivity contribution is 0.667. The van der Waals surface area contributed by atoms with Gasteiger partial charge in [0.1, 0.15) is 16.8 Å². The molecule has 0 unspecified atom stereocenters. The van der Waals surface area contributed by atoms with Gasteiger partial charge in [-0.3, -0.25) is 0 Å². The molecule has 0 aliphatic heterocycles. The third-order valence-electron chi connectivity index (χ3n) is 12.9. The topological polar surface area (TPSA) is 48.8 Å². The highest BCUT2D eigenvalue weighted by Gasteiger charge is 2.21. The molecule has 0 bridgehead atoms. The summed E-state index contributed by atoms with van der Waals surface area (Å²) in [5, 5.41) is 8.66. The summed E-state index contributed by atoms with van der Waals surface area (Å²) >= 11 is 1.90. The van der Waals surface area contributed by atoms with E-state index >= 15 is 0 Å². The third kappa shape index (κ3) is 5.17.